The van der Waals surface area contributed by atoms with Gasteiger partial charge < -0.3 is 5.11 Å². The molecule has 0 aliphatic carbocycles. The number of phenolic OH excluding ortho intramolecular Hbond substituents is 1. The highest BCUT2D eigenvalue weighted by molar-refractivity contribution is 14.1. The van der Waals surface area contributed by atoms with Gasteiger partial charge in [-0.2, -0.15) is 0 Å². The van der Waals surface area contributed by atoms with Gasteiger partial charge in [0.15, 0.2) is 0 Å². The summed E-state index contributed by atoms with van der Waals surface area (Å²) in [6, 6.07) is 3.64. The molecule has 1 aromatic rings. The molecular formula is C6H4I2OS. The minimum absolute atomic E-state index is 0.346. The van der Waals surface area contributed by atoms with Crippen LogP contribution in [-0.4, -0.2) is 5.11 Å². The molecule has 54 valence electrons. The smallest absolute Gasteiger partial charge is 0.142 e. The Labute approximate surface area is 91.9 Å². The Morgan fingerprint density at radius 1 is 1.20 bits per heavy atom. The van der Waals surface area contributed by atoms with Crippen molar-refractivity contribution in [3.8, 4) is 5.75 Å². The van der Waals surface area contributed by atoms with Gasteiger partial charge in [-0.1, -0.05) is 0 Å². The summed E-state index contributed by atoms with van der Waals surface area (Å²) in [6.07, 6.45) is 0. The Morgan fingerprint density at radius 3 is 2.00 bits per heavy atom. The summed E-state index contributed by atoms with van der Waals surface area (Å²) in [7, 11) is 0. The van der Waals surface area contributed by atoms with E-state index in [-0.39, 0.29) is 0 Å². The summed E-state index contributed by atoms with van der Waals surface area (Å²) in [5, 5.41) is 9.28. The Kier molecular flexibility index (Phi) is 3.11. The van der Waals surface area contributed by atoms with E-state index in [4.69, 9.17) is 0 Å². The van der Waals surface area contributed by atoms with E-state index in [0.29, 0.717) is 5.75 Å². The molecule has 1 nitrogen and oxygen atoms in total. The maximum atomic E-state index is 9.28. The van der Waals surface area contributed by atoms with Crippen LogP contribution in [0.15, 0.2) is 17.0 Å². The molecule has 10 heavy (non-hydrogen) atoms. The van der Waals surface area contributed by atoms with Crippen molar-refractivity contribution in [3.05, 3.63) is 19.3 Å². The Balaban J connectivity index is 3.31. The third kappa shape index (κ3) is 1.91. The van der Waals surface area contributed by atoms with Crippen LogP contribution in [0.1, 0.15) is 0 Å². The van der Waals surface area contributed by atoms with E-state index in [2.05, 4.69) is 57.8 Å². The zero-order valence-corrected chi connectivity index (χ0v) is 10.0. The van der Waals surface area contributed by atoms with Crippen LogP contribution in [0.2, 0.25) is 0 Å². The van der Waals surface area contributed by atoms with E-state index >= 15 is 0 Å². The number of phenols is 1. The average Bonchev–Trinajstić information content (AvgIpc) is 1.82. The van der Waals surface area contributed by atoms with E-state index in [1.807, 2.05) is 12.1 Å². The first-order chi connectivity index (χ1) is 4.61. The molecule has 0 saturated carbocycles. The summed E-state index contributed by atoms with van der Waals surface area (Å²) in [5.41, 5.74) is 0. The monoisotopic (exact) mass is 378 g/mol. The molecule has 0 atom stereocenters. The molecule has 1 N–H and O–H groups in total. The van der Waals surface area contributed by atoms with E-state index in [0.717, 1.165) is 12.0 Å². The highest BCUT2D eigenvalue weighted by atomic mass is 127. The number of hydrogen-bond acceptors (Lipinski definition) is 2. The van der Waals surface area contributed by atoms with Crippen molar-refractivity contribution >= 4 is 57.8 Å². The van der Waals surface area contributed by atoms with Crippen molar-refractivity contribution in [2.45, 2.75) is 4.90 Å². The molecule has 1 rings (SSSR count). The van der Waals surface area contributed by atoms with Crippen molar-refractivity contribution in [2.75, 3.05) is 0 Å². The van der Waals surface area contributed by atoms with Crippen molar-refractivity contribution in [1.29, 1.82) is 0 Å². The maximum absolute atomic E-state index is 9.28. The van der Waals surface area contributed by atoms with E-state index < -0.39 is 0 Å². The molecule has 0 aromatic heterocycles. The predicted molar refractivity (Wildman–Crippen MR) is 60.8 cm³/mol. The topological polar surface area (TPSA) is 20.2 Å². The third-order valence-electron chi connectivity index (χ3n) is 1.00. The van der Waals surface area contributed by atoms with Gasteiger partial charge in [0.05, 0.1) is 7.14 Å². The summed E-state index contributed by atoms with van der Waals surface area (Å²) in [6.45, 7) is 0. The predicted octanol–water partition coefficient (Wildman–Crippen LogP) is 2.89. The zero-order chi connectivity index (χ0) is 7.72. The van der Waals surface area contributed by atoms with Gasteiger partial charge in [-0.15, -0.1) is 12.6 Å². The second kappa shape index (κ2) is 3.48. The lowest BCUT2D eigenvalue weighted by Crippen LogP contribution is -1.79. The molecule has 0 aliphatic heterocycles. The minimum atomic E-state index is 0.346. The van der Waals surface area contributed by atoms with Crippen LogP contribution in [-0.2, 0) is 0 Å². The van der Waals surface area contributed by atoms with Crippen molar-refractivity contribution < 1.29 is 5.11 Å². The molecule has 4 heteroatoms. The summed E-state index contributed by atoms with van der Waals surface area (Å²) < 4.78 is 1.68. The molecule has 0 saturated heterocycles. The van der Waals surface area contributed by atoms with Crippen LogP contribution in [0, 0.1) is 7.14 Å². The SMILES string of the molecule is Oc1c(I)cc(S)cc1I. The molecule has 0 radical (unpaired) electrons. The highest BCUT2D eigenvalue weighted by Crippen LogP contribution is 2.28. The number of benzene rings is 1. The fourth-order valence-electron chi connectivity index (χ4n) is 0.552. The highest BCUT2D eigenvalue weighted by Gasteiger charge is 2.02. The molecular weight excluding hydrogens is 374 g/mol. The number of rotatable bonds is 0. The maximum Gasteiger partial charge on any atom is 0.142 e. The molecule has 0 heterocycles. The first-order valence-corrected chi connectivity index (χ1v) is 5.08. The summed E-state index contributed by atoms with van der Waals surface area (Å²) in [4.78, 5) is 0.881. The van der Waals surface area contributed by atoms with E-state index in [1.165, 1.54) is 0 Å². The van der Waals surface area contributed by atoms with Crippen LogP contribution in [0.25, 0.3) is 0 Å². The molecule has 0 aliphatic rings. The number of halogens is 2. The summed E-state index contributed by atoms with van der Waals surface area (Å²) in [5.74, 6) is 0.346. The lowest BCUT2D eigenvalue weighted by atomic mass is 10.3. The second-order valence-electron chi connectivity index (χ2n) is 1.76. The third-order valence-corrected chi connectivity index (χ3v) is 2.90. The van der Waals surface area contributed by atoms with Crippen LogP contribution < -0.4 is 0 Å². The van der Waals surface area contributed by atoms with Gasteiger partial charge in [0.1, 0.15) is 5.75 Å². The number of aromatic hydroxyl groups is 1. The molecule has 1 aromatic carbocycles. The standard InChI is InChI=1S/C6H4I2OS/c7-4-1-3(10)2-5(8)6(4)9/h1-2,9-10H. The lowest BCUT2D eigenvalue weighted by molar-refractivity contribution is 0.467. The minimum Gasteiger partial charge on any atom is -0.506 e. The normalized spacial score (nSPS) is 9.90. The van der Waals surface area contributed by atoms with Gasteiger partial charge in [-0.25, -0.2) is 0 Å². The van der Waals surface area contributed by atoms with Crippen LogP contribution in [0.5, 0.6) is 5.75 Å². The largest absolute Gasteiger partial charge is 0.506 e. The first kappa shape index (κ1) is 8.92. The Bertz CT molecular complexity index is 239. The zero-order valence-electron chi connectivity index (χ0n) is 4.81. The summed E-state index contributed by atoms with van der Waals surface area (Å²) >= 11 is 8.29. The van der Waals surface area contributed by atoms with E-state index in [9.17, 15) is 5.11 Å². The van der Waals surface area contributed by atoms with Crippen molar-refractivity contribution in [2.24, 2.45) is 0 Å². The quantitative estimate of drug-likeness (QED) is 0.526. The van der Waals surface area contributed by atoms with Crippen LogP contribution in [0.3, 0.4) is 0 Å². The van der Waals surface area contributed by atoms with Gasteiger partial charge in [0.2, 0.25) is 0 Å². The second-order valence-corrected chi connectivity index (χ2v) is 4.60. The Hall–Kier alpha value is 0.830. The molecule has 0 unspecified atom stereocenters. The Morgan fingerprint density at radius 2 is 1.60 bits per heavy atom. The van der Waals surface area contributed by atoms with Gasteiger partial charge >= 0.3 is 0 Å². The molecule has 0 bridgehead atoms. The van der Waals surface area contributed by atoms with Crippen LogP contribution >= 0.6 is 57.8 Å². The number of hydrogen-bond donors (Lipinski definition) is 2. The van der Waals surface area contributed by atoms with Gasteiger partial charge in [-0.3, -0.25) is 0 Å². The lowest BCUT2D eigenvalue weighted by Gasteiger charge is -1.99. The molecule has 0 spiro atoms. The van der Waals surface area contributed by atoms with Gasteiger partial charge in [0, 0.05) is 4.90 Å². The number of thiol groups is 1. The molecule has 0 amide bonds. The van der Waals surface area contributed by atoms with Crippen molar-refractivity contribution in [3.63, 3.8) is 0 Å². The van der Waals surface area contributed by atoms with Gasteiger partial charge in [-0.05, 0) is 57.3 Å². The fraction of sp³-hybridized carbons (Fsp3) is 0. The molecule has 0 fully saturated rings. The van der Waals surface area contributed by atoms with Crippen molar-refractivity contribution in [1.82, 2.24) is 0 Å². The van der Waals surface area contributed by atoms with Gasteiger partial charge in [0.25, 0.3) is 0 Å². The van der Waals surface area contributed by atoms with E-state index in [1.54, 1.807) is 0 Å². The van der Waals surface area contributed by atoms with Crippen LogP contribution in [0.4, 0.5) is 0 Å². The first-order valence-electron chi connectivity index (χ1n) is 2.48. The average molecular weight is 378 g/mol. The fourth-order valence-corrected chi connectivity index (χ4v) is 3.07.